The fraction of sp³-hybridized carbons (Fsp3) is 0.300. The molecule has 1 aliphatic heterocycles. The van der Waals surface area contributed by atoms with E-state index < -0.39 is 0 Å². The van der Waals surface area contributed by atoms with E-state index in [1.165, 1.54) is 3.57 Å². The van der Waals surface area contributed by atoms with Crippen LogP contribution in [0, 0.1) is 8.98 Å². The summed E-state index contributed by atoms with van der Waals surface area (Å²) >= 11 is 5.77. The molecule has 0 bridgehead atoms. The lowest BCUT2D eigenvalue weighted by atomic mass is 10.3. The van der Waals surface area contributed by atoms with Crippen molar-refractivity contribution in [1.29, 1.82) is 5.41 Å². The van der Waals surface area contributed by atoms with E-state index in [1.807, 2.05) is 6.07 Å². The standard InChI is InChI=1S/C10H10BrIN2/c11-8-4-3-7(6-9(8)12)14-5-1-2-10(14)13/h3-4,6,13H,1-2,5H2. The van der Waals surface area contributed by atoms with Gasteiger partial charge in [-0.15, -0.1) is 0 Å². The van der Waals surface area contributed by atoms with Crippen molar-refractivity contribution in [3.63, 3.8) is 0 Å². The number of rotatable bonds is 1. The molecular weight excluding hydrogens is 355 g/mol. The number of anilines is 1. The van der Waals surface area contributed by atoms with Crippen molar-refractivity contribution in [2.24, 2.45) is 0 Å². The summed E-state index contributed by atoms with van der Waals surface area (Å²) in [7, 11) is 0. The zero-order chi connectivity index (χ0) is 10.1. The minimum Gasteiger partial charge on any atom is -0.330 e. The molecule has 74 valence electrons. The van der Waals surface area contributed by atoms with E-state index >= 15 is 0 Å². The van der Waals surface area contributed by atoms with E-state index in [0.29, 0.717) is 0 Å². The first-order chi connectivity index (χ1) is 6.68. The Morgan fingerprint density at radius 2 is 2.21 bits per heavy atom. The molecule has 14 heavy (non-hydrogen) atoms. The summed E-state index contributed by atoms with van der Waals surface area (Å²) in [6.45, 7) is 0.983. The molecule has 4 heteroatoms. The zero-order valence-corrected chi connectivity index (χ0v) is 11.3. The molecule has 1 aromatic carbocycles. The fourth-order valence-electron chi connectivity index (χ4n) is 1.61. The van der Waals surface area contributed by atoms with E-state index in [2.05, 4.69) is 55.6 Å². The summed E-state index contributed by atoms with van der Waals surface area (Å²) in [5.74, 6) is 0.739. The van der Waals surface area contributed by atoms with Gasteiger partial charge in [0, 0.05) is 26.7 Å². The van der Waals surface area contributed by atoms with Gasteiger partial charge in [-0.3, -0.25) is 5.41 Å². The van der Waals surface area contributed by atoms with Crippen molar-refractivity contribution in [1.82, 2.24) is 0 Å². The average molecular weight is 365 g/mol. The van der Waals surface area contributed by atoms with Crippen LogP contribution in [-0.4, -0.2) is 12.4 Å². The summed E-state index contributed by atoms with van der Waals surface area (Å²) < 4.78 is 2.31. The Balaban J connectivity index is 2.32. The number of hydrogen-bond donors (Lipinski definition) is 1. The molecule has 0 atom stereocenters. The van der Waals surface area contributed by atoms with Crippen LogP contribution in [0.25, 0.3) is 0 Å². The number of hydrogen-bond acceptors (Lipinski definition) is 1. The molecule has 0 aromatic heterocycles. The Morgan fingerprint density at radius 1 is 1.43 bits per heavy atom. The number of amidine groups is 1. The van der Waals surface area contributed by atoms with Crippen molar-refractivity contribution < 1.29 is 0 Å². The summed E-state index contributed by atoms with van der Waals surface area (Å²) in [4.78, 5) is 2.08. The van der Waals surface area contributed by atoms with Crippen molar-refractivity contribution in [2.75, 3.05) is 11.4 Å². The Kier molecular flexibility index (Phi) is 3.11. The third-order valence-corrected chi connectivity index (χ3v) is 4.66. The molecular formula is C10H10BrIN2. The largest absolute Gasteiger partial charge is 0.330 e. The quantitative estimate of drug-likeness (QED) is 0.757. The van der Waals surface area contributed by atoms with E-state index in [-0.39, 0.29) is 0 Å². The lowest BCUT2D eigenvalue weighted by Crippen LogP contribution is -2.23. The molecule has 0 amide bonds. The van der Waals surface area contributed by atoms with Gasteiger partial charge >= 0.3 is 0 Å². The predicted octanol–water partition coefficient (Wildman–Crippen LogP) is 3.63. The Hall–Kier alpha value is -0.100. The molecule has 0 spiro atoms. The first kappa shape index (κ1) is 10.4. The SMILES string of the molecule is N=C1CCCN1c1ccc(Br)c(I)c1. The molecule has 1 fully saturated rings. The smallest absolute Gasteiger partial charge is 0.100 e. The third kappa shape index (κ3) is 1.95. The maximum absolute atomic E-state index is 7.78. The van der Waals surface area contributed by atoms with Gasteiger partial charge in [0.05, 0.1) is 0 Å². The molecule has 1 heterocycles. The molecule has 0 saturated carbocycles. The highest BCUT2D eigenvalue weighted by molar-refractivity contribution is 14.1. The normalized spacial score (nSPS) is 16.4. The molecule has 1 saturated heterocycles. The summed E-state index contributed by atoms with van der Waals surface area (Å²) in [6, 6.07) is 6.22. The predicted molar refractivity (Wildman–Crippen MR) is 71.2 cm³/mol. The maximum Gasteiger partial charge on any atom is 0.100 e. The molecule has 1 aromatic rings. The van der Waals surface area contributed by atoms with Crippen LogP contribution in [0.5, 0.6) is 0 Å². The Bertz CT molecular complexity index is 378. The minimum atomic E-state index is 0.739. The molecule has 1 N–H and O–H groups in total. The van der Waals surface area contributed by atoms with E-state index in [4.69, 9.17) is 5.41 Å². The van der Waals surface area contributed by atoms with Crippen molar-refractivity contribution in [3.8, 4) is 0 Å². The van der Waals surface area contributed by atoms with Gasteiger partial charge in [0.1, 0.15) is 5.84 Å². The highest BCUT2D eigenvalue weighted by Crippen LogP contribution is 2.27. The highest BCUT2D eigenvalue weighted by Gasteiger charge is 2.18. The van der Waals surface area contributed by atoms with Crippen LogP contribution < -0.4 is 4.90 Å². The number of nitrogens with zero attached hydrogens (tertiary/aromatic N) is 1. The number of benzene rings is 1. The molecule has 0 radical (unpaired) electrons. The van der Waals surface area contributed by atoms with Gasteiger partial charge in [0.25, 0.3) is 0 Å². The first-order valence-electron chi connectivity index (χ1n) is 4.48. The van der Waals surface area contributed by atoms with Crippen LogP contribution in [0.15, 0.2) is 22.7 Å². The fourth-order valence-corrected chi connectivity index (χ4v) is 2.36. The lowest BCUT2D eigenvalue weighted by molar-refractivity contribution is 0.956. The van der Waals surface area contributed by atoms with Crippen molar-refractivity contribution in [3.05, 3.63) is 26.2 Å². The zero-order valence-electron chi connectivity index (χ0n) is 7.56. The van der Waals surface area contributed by atoms with Crippen LogP contribution in [0.4, 0.5) is 5.69 Å². The van der Waals surface area contributed by atoms with E-state index in [9.17, 15) is 0 Å². The molecule has 0 unspecified atom stereocenters. The third-order valence-electron chi connectivity index (χ3n) is 2.34. The molecule has 2 nitrogen and oxygen atoms in total. The van der Waals surface area contributed by atoms with Crippen molar-refractivity contribution in [2.45, 2.75) is 12.8 Å². The monoisotopic (exact) mass is 364 g/mol. The molecule has 2 rings (SSSR count). The topological polar surface area (TPSA) is 27.1 Å². The van der Waals surface area contributed by atoms with Gasteiger partial charge in [-0.2, -0.15) is 0 Å². The van der Waals surface area contributed by atoms with Gasteiger partial charge in [-0.25, -0.2) is 0 Å². The first-order valence-corrected chi connectivity index (χ1v) is 6.35. The highest BCUT2D eigenvalue weighted by atomic mass is 127. The maximum atomic E-state index is 7.78. The minimum absolute atomic E-state index is 0.739. The lowest BCUT2D eigenvalue weighted by Gasteiger charge is -2.18. The van der Waals surface area contributed by atoms with Gasteiger partial charge in [0.2, 0.25) is 0 Å². The second-order valence-corrected chi connectivity index (χ2v) is 5.32. The molecule has 0 aliphatic carbocycles. The number of nitrogens with one attached hydrogen (secondary N) is 1. The van der Waals surface area contributed by atoms with Crippen LogP contribution >= 0.6 is 38.5 Å². The van der Waals surface area contributed by atoms with Crippen LogP contribution in [0.1, 0.15) is 12.8 Å². The average Bonchev–Trinajstić information content (AvgIpc) is 2.57. The van der Waals surface area contributed by atoms with Gasteiger partial charge in [-0.05, 0) is 63.1 Å². The number of halogens is 2. The summed E-state index contributed by atoms with van der Waals surface area (Å²) in [5.41, 5.74) is 1.14. The Labute approximate surface area is 105 Å². The Morgan fingerprint density at radius 3 is 2.79 bits per heavy atom. The van der Waals surface area contributed by atoms with Crippen LogP contribution in [0.2, 0.25) is 0 Å². The van der Waals surface area contributed by atoms with Gasteiger partial charge < -0.3 is 4.90 Å². The van der Waals surface area contributed by atoms with Gasteiger partial charge in [0.15, 0.2) is 0 Å². The second kappa shape index (κ2) is 4.18. The van der Waals surface area contributed by atoms with E-state index in [1.54, 1.807) is 0 Å². The second-order valence-electron chi connectivity index (χ2n) is 3.30. The molecule has 1 aliphatic rings. The summed E-state index contributed by atoms with van der Waals surface area (Å²) in [5, 5.41) is 7.78. The van der Waals surface area contributed by atoms with Crippen molar-refractivity contribution >= 4 is 50.0 Å². The van der Waals surface area contributed by atoms with E-state index in [0.717, 1.165) is 35.4 Å². The van der Waals surface area contributed by atoms with Gasteiger partial charge in [-0.1, -0.05) is 0 Å². The van der Waals surface area contributed by atoms with Crippen LogP contribution in [-0.2, 0) is 0 Å². The van der Waals surface area contributed by atoms with Crippen LogP contribution in [0.3, 0.4) is 0 Å². The summed E-state index contributed by atoms with van der Waals surface area (Å²) in [6.07, 6.45) is 2.01.